The molecule has 0 aliphatic carbocycles. The lowest BCUT2D eigenvalue weighted by molar-refractivity contribution is -0.134. The molecule has 0 radical (unpaired) electrons. The van der Waals surface area contributed by atoms with E-state index in [-0.39, 0.29) is 24.0 Å². The Balaban J connectivity index is 1.34. The average Bonchev–Trinajstić information content (AvgIpc) is 3.24. The van der Waals surface area contributed by atoms with Crippen molar-refractivity contribution in [3.8, 4) is 0 Å². The predicted octanol–water partition coefficient (Wildman–Crippen LogP) is 1.22. The number of ether oxygens (including phenoxy) is 1. The highest BCUT2D eigenvalue weighted by atomic mass is 16.5. The average molecular weight is 370 g/mol. The summed E-state index contributed by atoms with van der Waals surface area (Å²) in [6, 6.07) is 10.2. The van der Waals surface area contributed by atoms with Gasteiger partial charge in [-0.3, -0.25) is 14.5 Å². The molecular formula is C20H26N4O3. The van der Waals surface area contributed by atoms with E-state index in [1.165, 1.54) is 0 Å². The van der Waals surface area contributed by atoms with Gasteiger partial charge in [-0.1, -0.05) is 18.2 Å². The number of fused-ring (bicyclic) bond motifs is 2. The standard InChI is InChI=1S/C20H26N4O3/c1-23(2)19(25)9-16-11-24-10-14(8-15(24)12-27-16)21-20(26)18-7-13-5-3-4-6-17(13)22-18/h3-7,14-16,22H,8-12H2,1-2H3,(H,21,26)/t14-,15-,16-/m0/s1. The molecule has 2 aliphatic heterocycles. The van der Waals surface area contributed by atoms with Crippen molar-refractivity contribution in [1.29, 1.82) is 0 Å². The first kappa shape index (κ1) is 18.0. The van der Waals surface area contributed by atoms with Crippen LogP contribution in [0.2, 0.25) is 0 Å². The number of para-hydroxylation sites is 1. The summed E-state index contributed by atoms with van der Waals surface area (Å²) >= 11 is 0. The molecule has 27 heavy (non-hydrogen) atoms. The summed E-state index contributed by atoms with van der Waals surface area (Å²) in [5, 5.41) is 4.18. The van der Waals surface area contributed by atoms with Gasteiger partial charge >= 0.3 is 0 Å². The Kier molecular flexibility index (Phi) is 4.88. The Morgan fingerprint density at radius 2 is 2.11 bits per heavy atom. The van der Waals surface area contributed by atoms with Crippen molar-refractivity contribution in [1.82, 2.24) is 20.1 Å². The third kappa shape index (κ3) is 3.84. The number of amides is 2. The molecule has 2 aliphatic rings. The molecule has 144 valence electrons. The summed E-state index contributed by atoms with van der Waals surface area (Å²) in [4.78, 5) is 31.6. The highest BCUT2D eigenvalue weighted by molar-refractivity contribution is 5.98. The van der Waals surface area contributed by atoms with E-state index in [9.17, 15) is 9.59 Å². The van der Waals surface area contributed by atoms with Crippen molar-refractivity contribution < 1.29 is 14.3 Å². The van der Waals surface area contributed by atoms with Crippen LogP contribution in [0.1, 0.15) is 23.3 Å². The van der Waals surface area contributed by atoms with Crippen molar-refractivity contribution in [2.24, 2.45) is 0 Å². The molecule has 0 spiro atoms. The molecule has 1 aromatic heterocycles. The second-order valence-corrected chi connectivity index (χ2v) is 7.73. The molecule has 1 aromatic carbocycles. The zero-order chi connectivity index (χ0) is 19.0. The van der Waals surface area contributed by atoms with Crippen molar-refractivity contribution in [2.75, 3.05) is 33.8 Å². The fourth-order valence-electron chi connectivity index (χ4n) is 4.01. The summed E-state index contributed by atoms with van der Waals surface area (Å²) in [6.07, 6.45) is 1.21. The quantitative estimate of drug-likeness (QED) is 0.848. The van der Waals surface area contributed by atoms with E-state index in [1.807, 2.05) is 30.3 Å². The van der Waals surface area contributed by atoms with Gasteiger partial charge in [0.2, 0.25) is 5.91 Å². The summed E-state index contributed by atoms with van der Waals surface area (Å²) in [5.41, 5.74) is 1.56. The van der Waals surface area contributed by atoms with Crippen LogP contribution in [0.5, 0.6) is 0 Å². The molecule has 0 unspecified atom stereocenters. The van der Waals surface area contributed by atoms with Crippen LogP contribution >= 0.6 is 0 Å². The minimum absolute atomic E-state index is 0.0701. The monoisotopic (exact) mass is 370 g/mol. The molecule has 4 rings (SSSR count). The Morgan fingerprint density at radius 1 is 1.30 bits per heavy atom. The highest BCUT2D eigenvalue weighted by Gasteiger charge is 2.38. The maximum Gasteiger partial charge on any atom is 0.267 e. The Bertz CT molecular complexity index is 814. The molecule has 2 fully saturated rings. The number of morpholine rings is 1. The maximum absolute atomic E-state index is 12.6. The van der Waals surface area contributed by atoms with Gasteiger partial charge < -0.3 is 19.9 Å². The normalized spacial score (nSPS) is 25.3. The van der Waals surface area contributed by atoms with Crippen LogP contribution < -0.4 is 5.32 Å². The number of nitrogens with zero attached hydrogens (tertiary/aromatic N) is 2. The molecule has 2 saturated heterocycles. The van der Waals surface area contributed by atoms with Crippen molar-refractivity contribution in [2.45, 2.75) is 31.0 Å². The lowest BCUT2D eigenvalue weighted by Crippen LogP contribution is -2.47. The second kappa shape index (κ2) is 7.32. The highest BCUT2D eigenvalue weighted by Crippen LogP contribution is 2.25. The van der Waals surface area contributed by atoms with E-state index in [4.69, 9.17) is 4.74 Å². The van der Waals surface area contributed by atoms with Crippen molar-refractivity contribution >= 4 is 22.7 Å². The zero-order valence-corrected chi connectivity index (χ0v) is 15.8. The van der Waals surface area contributed by atoms with Gasteiger partial charge in [0.1, 0.15) is 5.69 Å². The first-order valence-corrected chi connectivity index (χ1v) is 9.44. The van der Waals surface area contributed by atoms with Gasteiger partial charge in [0.25, 0.3) is 5.91 Å². The minimum atomic E-state index is -0.0729. The summed E-state index contributed by atoms with van der Waals surface area (Å²) in [5.74, 6) is 0.0117. The van der Waals surface area contributed by atoms with E-state index in [2.05, 4.69) is 15.2 Å². The largest absolute Gasteiger partial charge is 0.375 e. The second-order valence-electron chi connectivity index (χ2n) is 7.73. The third-order valence-electron chi connectivity index (χ3n) is 5.50. The zero-order valence-electron chi connectivity index (χ0n) is 15.8. The smallest absolute Gasteiger partial charge is 0.267 e. The SMILES string of the molecule is CN(C)C(=O)C[C@H]1CN2C[C@@H](NC(=O)c3cc4ccccc4[nH]3)C[C@H]2CO1. The van der Waals surface area contributed by atoms with E-state index in [0.717, 1.165) is 30.4 Å². The first-order chi connectivity index (χ1) is 13.0. The summed E-state index contributed by atoms with van der Waals surface area (Å²) < 4.78 is 5.88. The van der Waals surface area contributed by atoms with Gasteiger partial charge in [0.15, 0.2) is 0 Å². The Morgan fingerprint density at radius 3 is 2.89 bits per heavy atom. The topological polar surface area (TPSA) is 77.7 Å². The van der Waals surface area contributed by atoms with Crippen LogP contribution in [0.25, 0.3) is 10.9 Å². The number of aromatic amines is 1. The van der Waals surface area contributed by atoms with Crippen LogP contribution in [0, 0.1) is 0 Å². The molecule has 2 amide bonds. The Hall–Kier alpha value is -2.38. The number of carbonyl (C=O) groups excluding carboxylic acids is 2. The number of nitrogens with one attached hydrogen (secondary N) is 2. The Labute approximate surface area is 158 Å². The van der Waals surface area contributed by atoms with Crippen LogP contribution in [-0.2, 0) is 9.53 Å². The summed E-state index contributed by atoms with van der Waals surface area (Å²) in [7, 11) is 3.53. The number of benzene rings is 1. The number of carbonyl (C=O) groups is 2. The molecular weight excluding hydrogens is 344 g/mol. The van der Waals surface area contributed by atoms with Gasteiger partial charge in [-0.25, -0.2) is 0 Å². The van der Waals surface area contributed by atoms with Gasteiger partial charge in [-0.15, -0.1) is 0 Å². The van der Waals surface area contributed by atoms with Crippen LogP contribution in [0.4, 0.5) is 0 Å². The predicted molar refractivity (Wildman–Crippen MR) is 103 cm³/mol. The fraction of sp³-hybridized carbons (Fsp3) is 0.500. The molecule has 0 saturated carbocycles. The van der Waals surface area contributed by atoms with E-state index in [0.29, 0.717) is 24.8 Å². The molecule has 7 heteroatoms. The molecule has 3 heterocycles. The number of aromatic nitrogens is 1. The van der Waals surface area contributed by atoms with Crippen molar-refractivity contribution in [3.05, 3.63) is 36.0 Å². The van der Waals surface area contributed by atoms with E-state index in [1.54, 1.807) is 19.0 Å². The van der Waals surface area contributed by atoms with Gasteiger partial charge in [-0.05, 0) is 18.6 Å². The van der Waals surface area contributed by atoms with Crippen LogP contribution in [0.15, 0.2) is 30.3 Å². The number of H-pyrrole nitrogens is 1. The van der Waals surface area contributed by atoms with Gasteiger partial charge in [-0.2, -0.15) is 0 Å². The van der Waals surface area contributed by atoms with Crippen molar-refractivity contribution in [3.63, 3.8) is 0 Å². The number of hydrogen-bond acceptors (Lipinski definition) is 4. The van der Waals surface area contributed by atoms with Crippen LogP contribution in [-0.4, -0.2) is 78.6 Å². The first-order valence-electron chi connectivity index (χ1n) is 9.44. The number of rotatable bonds is 4. The van der Waals surface area contributed by atoms with Gasteiger partial charge in [0.05, 0.1) is 19.1 Å². The molecule has 7 nitrogen and oxygen atoms in total. The molecule has 2 N–H and O–H groups in total. The molecule has 3 atom stereocenters. The van der Waals surface area contributed by atoms with Gasteiger partial charge in [0, 0.05) is 50.2 Å². The molecule has 0 bridgehead atoms. The molecule has 2 aromatic rings. The maximum atomic E-state index is 12.6. The third-order valence-corrected chi connectivity index (χ3v) is 5.50. The lowest BCUT2D eigenvalue weighted by atomic mass is 10.1. The van der Waals surface area contributed by atoms with Crippen LogP contribution in [0.3, 0.4) is 0 Å². The number of hydrogen-bond donors (Lipinski definition) is 2. The lowest BCUT2D eigenvalue weighted by Gasteiger charge is -2.35. The summed E-state index contributed by atoms with van der Waals surface area (Å²) in [6.45, 7) is 2.15. The minimum Gasteiger partial charge on any atom is -0.375 e. The van der Waals surface area contributed by atoms with E-state index < -0.39 is 0 Å². The fourth-order valence-corrected chi connectivity index (χ4v) is 4.01. The van der Waals surface area contributed by atoms with E-state index >= 15 is 0 Å².